The highest BCUT2D eigenvalue weighted by Crippen LogP contribution is 2.32. The van der Waals surface area contributed by atoms with E-state index in [4.69, 9.17) is 10.4 Å². The van der Waals surface area contributed by atoms with Gasteiger partial charge in [0.1, 0.15) is 22.8 Å². The summed E-state index contributed by atoms with van der Waals surface area (Å²) in [4.78, 5) is 10.6. The van der Waals surface area contributed by atoms with Crippen LogP contribution < -0.4 is 16.6 Å². The van der Waals surface area contributed by atoms with Crippen molar-refractivity contribution < 1.29 is 9.45 Å². The van der Waals surface area contributed by atoms with Crippen molar-refractivity contribution >= 4 is 17.1 Å². The maximum Gasteiger partial charge on any atom is 0.316 e. The molecule has 8 heteroatoms. The molecule has 0 amide bonds. The molecule has 0 saturated heterocycles. The molecule has 19 heavy (non-hydrogen) atoms. The lowest BCUT2D eigenvalue weighted by atomic mass is 10.2. The van der Waals surface area contributed by atoms with Crippen LogP contribution in [-0.4, -0.2) is 10.1 Å². The third-order valence-electron chi connectivity index (χ3n) is 2.51. The fourth-order valence-electron chi connectivity index (χ4n) is 1.69. The molecule has 1 heterocycles. The lowest BCUT2D eigenvalue weighted by Gasteiger charge is -2.08. The summed E-state index contributed by atoms with van der Waals surface area (Å²) < 4.78 is 4.92. The van der Waals surface area contributed by atoms with Gasteiger partial charge in [0.05, 0.1) is 11.5 Å². The lowest BCUT2D eigenvalue weighted by Crippen LogP contribution is -2.11. The van der Waals surface area contributed by atoms with E-state index in [1.165, 1.54) is 6.07 Å². The highest BCUT2D eigenvalue weighted by molar-refractivity contribution is 5.75. The summed E-state index contributed by atoms with van der Waals surface area (Å²) in [6.07, 6.45) is 0. The first kappa shape index (κ1) is 12.8. The van der Waals surface area contributed by atoms with Crippen LogP contribution in [0.2, 0.25) is 0 Å². The molecular weight excluding hydrogens is 250 g/mol. The first-order valence-electron chi connectivity index (χ1n) is 5.52. The number of anilines is 2. The Morgan fingerprint density at radius 1 is 1.47 bits per heavy atom. The van der Waals surface area contributed by atoms with Gasteiger partial charge in [0, 0.05) is 6.07 Å². The number of nitrogen functional groups attached to an aromatic ring is 1. The predicted octanol–water partition coefficient (Wildman–Crippen LogP) is 1.79. The first-order valence-corrected chi connectivity index (χ1v) is 5.52. The summed E-state index contributed by atoms with van der Waals surface area (Å²) in [6, 6.07) is 6.55. The van der Waals surface area contributed by atoms with Crippen molar-refractivity contribution in [3.05, 3.63) is 45.8 Å². The SMILES string of the molecule is Cc1cc(CNc2cccc(NN)c2[N+](=O)[O-])no1. The van der Waals surface area contributed by atoms with E-state index in [1.807, 2.05) is 0 Å². The molecule has 0 radical (unpaired) electrons. The van der Waals surface area contributed by atoms with Crippen LogP contribution in [0.15, 0.2) is 28.8 Å². The smallest absolute Gasteiger partial charge is 0.316 e. The third kappa shape index (κ3) is 2.80. The summed E-state index contributed by atoms with van der Waals surface area (Å²) in [7, 11) is 0. The van der Waals surface area contributed by atoms with Crippen molar-refractivity contribution in [2.24, 2.45) is 5.84 Å². The molecule has 0 saturated carbocycles. The zero-order valence-electron chi connectivity index (χ0n) is 10.2. The van der Waals surface area contributed by atoms with E-state index >= 15 is 0 Å². The van der Waals surface area contributed by atoms with Gasteiger partial charge < -0.3 is 15.3 Å². The number of nitrogens with two attached hydrogens (primary N) is 1. The molecule has 0 aliphatic heterocycles. The molecule has 1 aromatic heterocycles. The second-order valence-electron chi connectivity index (χ2n) is 3.89. The number of aryl methyl sites for hydroxylation is 1. The minimum atomic E-state index is -0.494. The molecule has 0 unspecified atom stereocenters. The molecule has 0 bridgehead atoms. The van der Waals surface area contributed by atoms with Gasteiger partial charge in [0.2, 0.25) is 0 Å². The molecular formula is C11H13N5O3. The maximum atomic E-state index is 11.1. The van der Waals surface area contributed by atoms with Crippen molar-refractivity contribution in [2.75, 3.05) is 10.7 Å². The Morgan fingerprint density at radius 3 is 2.79 bits per heavy atom. The number of aromatic nitrogens is 1. The number of rotatable bonds is 5. The summed E-state index contributed by atoms with van der Waals surface area (Å²) in [5, 5.41) is 17.8. The lowest BCUT2D eigenvalue weighted by molar-refractivity contribution is -0.383. The van der Waals surface area contributed by atoms with Crippen molar-refractivity contribution in [2.45, 2.75) is 13.5 Å². The van der Waals surface area contributed by atoms with Gasteiger partial charge in [-0.3, -0.25) is 16.0 Å². The van der Waals surface area contributed by atoms with Crippen LogP contribution in [0.25, 0.3) is 0 Å². The summed E-state index contributed by atoms with van der Waals surface area (Å²) >= 11 is 0. The van der Waals surface area contributed by atoms with Gasteiger partial charge >= 0.3 is 5.69 Å². The number of nitro benzene ring substituents is 1. The van der Waals surface area contributed by atoms with E-state index in [-0.39, 0.29) is 11.4 Å². The Morgan fingerprint density at radius 2 is 2.21 bits per heavy atom. The zero-order chi connectivity index (χ0) is 13.8. The Labute approximate surface area is 108 Å². The fourth-order valence-corrected chi connectivity index (χ4v) is 1.69. The van der Waals surface area contributed by atoms with Gasteiger partial charge in [-0.15, -0.1) is 0 Å². The van der Waals surface area contributed by atoms with E-state index in [9.17, 15) is 10.1 Å². The molecule has 0 atom stereocenters. The second kappa shape index (κ2) is 5.36. The Hall–Kier alpha value is -2.61. The van der Waals surface area contributed by atoms with Crippen LogP contribution in [-0.2, 0) is 6.54 Å². The molecule has 0 spiro atoms. The van der Waals surface area contributed by atoms with Gasteiger partial charge in [-0.25, -0.2) is 0 Å². The van der Waals surface area contributed by atoms with Crippen LogP contribution in [0.3, 0.4) is 0 Å². The largest absolute Gasteiger partial charge is 0.374 e. The van der Waals surface area contributed by atoms with Crippen LogP contribution in [0.1, 0.15) is 11.5 Å². The number of hydrogen-bond donors (Lipinski definition) is 3. The number of benzene rings is 1. The van der Waals surface area contributed by atoms with E-state index in [1.54, 1.807) is 25.1 Å². The number of hydrogen-bond acceptors (Lipinski definition) is 7. The standard InChI is InChI=1S/C11H13N5O3/c1-7-5-8(15-19-7)6-13-9-3-2-4-10(14-12)11(9)16(17)18/h2-5,13-14H,6,12H2,1H3. The number of nitrogens with zero attached hydrogens (tertiary/aromatic N) is 2. The van der Waals surface area contributed by atoms with Gasteiger partial charge in [-0.2, -0.15) is 0 Å². The molecule has 0 aliphatic rings. The highest BCUT2D eigenvalue weighted by Gasteiger charge is 2.19. The minimum absolute atomic E-state index is 0.106. The second-order valence-corrected chi connectivity index (χ2v) is 3.89. The third-order valence-corrected chi connectivity index (χ3v) is 2.51. The molecule has 0 fully saturated rings. The molecule has 0 aliphatic carbocycles. The molecule has 100 valence electrons. The normalized spacial score (nSPS) is 10.2. The monoisotopic (exact) mass is 263 g/mol. The van der Waals surface area contributed by atoms with E-state index in [0.717, 1.165) is 0 Å². The maximum absolute atomic E-state index is 11.1. The molecule has 4 N–H and O–H groups in total. The summed E-state index contributed by atoms with van der Waals surface area (Å²) in [6.45, 7) is 2.10. The number of nitrogens with one attached hydrogen (secondary N) is 2. The zero-order valence-corrected chi connectivity index (χ0v) is 10.2. The van der Waals surface area contributed by atoms with E-state index in [0.29, 0.717) is 23.7 Å². The quantitative estimate of drug-likeness (QED) is 0.427. The van der Waals surface area contributed by atoms with Crippen molar-refractivity contribution in [1.29, 1.82) is 0 Å². The van der Waals surface area contributed by atoms with Gasteiger partial charge in [0.25, 0.3) is 0 Å². The van der Waals surface area contributed by atoms with E-state index < -0.39 is 4.92 Å². The summed E-state index contributed by atoms with van der Waals surface area (Å²) in [5.74, 6) is 5.94. The Kier molecular flexibility index (Phi) is 3.62. The molecule has 1 aromatic carbocycles. The molecule has 8 nitrogen and oxygen atoms in total. The topological polar surface area (TPSA) is 119 Å². The van der Waals surface area contributed by atoms with Crippen LogP contribution in [0, 0.1) is 17.0 Å². The van der Waals surface area contributed by atoms with Gasteiger partial charge in [0.15, 0.2) is 0 Å². The molecule has 2 rings (SSSR count). The summed E-state index contributed by atoms with van der Waals surface area (Å²) in [5.41, 5.74) is 3.47. The number of nitro groups is 1. The van der Waals surface area contributed by atoms with Crippen molar-refractivity contribution in [1.82, 2.24) is 5.16 Å². The Bertz CT molecular complexity index is 596. The fraction of sp³-hybridized carbons (Fsp3) is 0.182. The number of para-hydroxylation sites is 1. The highest BCUT2D eigenvalue weighted by atomic mass is 16.6. The average Bonchev–Trinajstić information content (AvgIpc) is 2.81. The van der Waals surface area contributed by atoms with Gasteiger partial charge in [-0.05, 0) is 19.1 Å². The first-order chi connectivity index (χ1) is 9.11. The Balaban J connectivity index is 2.22. The minimum Gasteiger partial charge on any atom is -0.374 e. The van der Waals surface area contributed by atoms with Crippen molar-refractivity contribution in [3.63, 3.8) is 0 Å². The molecule has 2 aromatic rings. The number of hydrazine groups is 1. The van der Waals surface area contributed by atoms with Crippen LogP contribution in [0.4, 0.5) is 17.1 Å². The van der Waals surface area contributed by atoms with Crippen LogP contribution >= 0.6 is 0 Å². The van der Waals surface area contributed by atoms with E-state index in [2.05, 4.69) is 15.9 Å². The van der Waals surface area contributed by atoms with Gasteiger partial charge in [-0.1, -0.05) is 11.2 Å². The van der Waals surface area contributed by atoms with Crippen LogP contribution in [0.5, 0.6) is 0 Å². The van der Waals surface area contributed by atoms with Crippen molar-refractivity contribution in [3.8, 4) is 0 Å². The predicted molar refractivity (Wildman–Crippen MR) is 69.5 cm³/mol. The average molecular weight is 263 g/mol.